The van der Waals surface area contributed by atoms with Crippen molar-refractivity contribution in [1.82, 2.24) is 0 Å². The number of rotatable bonds is 5. The van der Waals surface area contributed by atoms with E-state index in [4.69, 9.17) is 20.2 Å². The third-order valence-electron chi connectivity index (χ3n) is 2.81. The molecule has 102 valence electrons. The first-order valence-electron chi connectivity index (χ1n) is 5.68. The van der Waals surface area contributed by atoms with E-state index in [1.165, 1.54) is 0 Å². The molecule has 7 heteroatoms. The van der Waals surface area contributed by atoms with Gasteiger partial charge in [0.25, 0.3) is 0 Å². The molecule has 0 aromatic heterocycles. The van der Waals surface area contributed by atoms with Gasteiger partial charge < -0.3 is 20.2 Å². The molecule has 3 atom stereocenters. The summed E-state index contributed by atoms with van der Waals surface area (Å²) in [5, 5.41) is 29.9. The van der Waals surface area contributed by atoms with Gasteiger partial charge in [-0.2, -0.15) is 0 Å². The maximum atomic E-state index is 11.1. The molecule has 0 bridgehead atoms. The Morgan fingerprint density at radius 2 is 1.94 bits per heavy atom. The summed E-state index contributed by atoms with van der Waals surface area (Å²) in [6, 6.07) is 0. The second-order valence-corrected chi connectivity index (χ2v) is 4.75. The van der Waals surface area contributed by atoms with Crippen LogP contribution in [-0.2, 0) is 14.3 Å². The van der Waals surface area contributed by atoms with Gasteiger partial charge in [0.2, 0.25) is 0 Å². The van der Waals surface area contributed by atoms with Gasteiger partial charge in [-0.25, -0.2) is 4.79 Å². The highest BCUT2D eigenvalue weighted by Gasteiger charge is 2.45. The number of hydrogen-bond acceptors (Lipinski definition) is 5. The first-order chi connectivity index (χ1) is 8.36. The highest BCUT2D eigenvalue weighted by Crippen LogP contribution is 2.29. The zero-order chi connectivity index (χ0) is 13.9. The van der Waals surface area contributed by atoms with Crippen LogP contribution in [0.15, 0.2) is 5.16 Å². The minimum absolute atomic E-state index is 0.119. The molecule has 0 amide bonds. The maximum Gasteiger partial charge on any atom is 0.332 e. The molecule has 1 fully saturated rings. The van der Waals surface area contributed by atoms with Crippen molar-refractivity contribution in [3.8, 4) is 0 Å². The third kappa shape index (κ3) is 3.19. The summed E-state index contributed by atoms with van der Waals surface area (Å²) in [7, 11) is 0. The molecule has 18 heavy (non-hydrogen) atoms. The fourth-order valence-electron chi connectivity index (χ4n) is 2.01. The van der Waals surface area contributed by atoms with Gasteiger partial charge in [0, 0.05) is 6.42 Å². The van der Waals surface area contributed by atoms with E-state index < -0.39 is 30.1 Å². The van der Waals surface area contributed by atoms with Crippen molar-refractivity contribution in [2.75, 3.05) is 0 Å². The van der Waals surface area contributed by atoms with Crippen LogP contribution < -0.4 is 0 Å². The molecule has 1 rings (SSSR count). The summed E-state index contributed by atoms with van der Waals surface area (Å²) >= 11 is 0. The Balaban J connectivity index is 2.89. The second kappa shape index (κ2) is 5.81. The van der Waals surface area contributed by atoms with Gasteiger partial charge >= 0.3 is 11.9 Å². The van der Waals surface area contributed by atoms with Gasteiger partial charge in [-0.1, -0.05) is 19.0 Å². The number of carboxylic acids is 2. The van der Waals surface area contributed by atoms with Gasteiger partial charge in [0.1, 0.15) is 6.10 Å². The van der Waals surface area contributed by atoms with Crippen LogP contribution in [0.1, 0.15) is 26.7 Å². The molecule has 0 unspecified atom stereocenters. The Morgan fingerprint density at radius 3 is 2.33 bits per heavy atom. The van der Waals surface area contributed by atoms with Crippen LogP contribution in [0.25, 0.3) is 0 Å². The van der Waals surface area contributed by atoms with Gasteiger partial charge in [-0.3, -0.25) is 4.79 Å². The largest absolute Gasteiger partial charge is 0.481 e. The molecule has 0 spiro atoms. The van der Waals surface area contributed by atoms with Crippen molar-refractivity contribution in [3.05, 3.63) is 0 Å². The van der Waals surface area contributed by atoms with Crippen LogP contribution in [-0.4, -0.2) is 45.3 Å². The lowest BCUT2D eigenvalue weighted by molar-refractivity contribution is -0.148. The summed E-state index contributed by atoms with van der Waals surface area (Å²) in [5.41, 5.74) is 0.182. The smallest absolute Gasteiger partial charge is 0.332 e. The highest BCUT2D eigenvalue weighted by molar-refractivity contribution is 5.93. The van der Waals surface area contributed by atoms with Crippen molar-refractivity contribution in [1.29, 1.82) is 0 Å². The number of hydrogen-bond donors (Lipinski definition) is 3. The van der Waals surface area contributed by atoms with Gasteiger partial charge in [0.15, 0.2) is 6.10 Å². The molecule has 0 saturated carbocycles. The van der Waals surface area contributed by atoms with Crippen molar-refractivity contribution < 1.29 is 29.7 Å². The summed E-state index contributed by atoms with van der Waals surface area (Å²) in [6.07, 6.45) is -1.90. The van der Waals surface area contributed by atoms with Crippen LogP contribution >= 0.6 is 0 Å². The SMILES string of the molecule is CC(C)C/C(=N/O)[C@@H]1O[C@@H](C(=O)O)C[C@H]1C(=O)O. The molecule has 7 nitrogen and oxygen atoms in total. The summed E-state index contributed by atoms with van der Waals surface area (Å²) < 4.78 is 5.18. The zero-order valence-corrected chi connectivity index (χ0v) is 10.2. The Hall–Kier alpha value is -1.63. The molecular weight excluding hydrogens is 242 g/mol. The number of aliphatic carboxylic acids is 2. The summed E-state index contributed by atoms with van der Waals surface area (Å²) in [4.78, 5) is 21.9. The molecule has 0 aliphatic carbocycles. The van der Waals surface area contributed by atoms with Crippen LogP contribution in [0, 0.1) is 11.8 Å². The Kier molecular flexibility index (Phi) is 4.66. The number of carboxylic acid groups (broad SMARTS) is 2. The molecular formula is C11H17NO6. The summed E-state index contributed by atoms with van der Waals surface area (Å²) in [5.74, 6) is -3.19. The van der Waals surface area contributed by atoms with E-state index in [2.05, 4.69) is 5.16 Å². The molecule has 1 heterocycles. The predicted molar refractivity (Wildman–Crippen MR) is 60.7 cm³/mol. The van der Waals surface area contributed by atoms with E-state index >= 15 is 0 Å². The predicted octanol–water partition coefficient (Wildman–Crippen LogP) is 0.806. The number of carbonyl (C=O) groups is 2. The van der Waals surface area contributed by atoms with Crippen molar-refractivity contribution in [3.63, 3.8) is 0 Å². The highest BCUT2D eigenvalue weighted by atomic mass is 16.5. The van der Waals surface area contributed by atoms with E-state index in [9.17, 15) is 9.59 Å². The molecule has 3 N–H and O–H groups in total. The second-order valence-electron chi connectivity index (χ2n) is 4.75. The third-order valence-corrected chi connectivity index (χ3v) is 2.81. The minimum atomic E-state index is -1.20. The molecule has 0 radical (unpaired) electrons. The van der Waals surface area contributed by atoms with E-state index in [0.717, 1.165) is 0 Å². The first-order valence-corrected chi connectivity index (χ1v) is 5.68. The summed E-state index contributed by atoms with van der Waals surface area (Å²) in [6.45, 7) is 3.76. The lowest BCUT2D eigenvalue weighted by Crippen LogP contribution is -2.33. The normalized spacial score (nSPS) is 28.6. The lowest BCUT2D eigenvalue weighted by atomic mass is 9.92. The zero-order valence-electron chi connectivity index (χ0n) is 10.2. The van der Waals surface area contributed by atoms with Gasteiger partial charge in [-0.15, -0.1) is 0 Å². The number of nitrogens with zero attached hydrogens (tertiary/aromatic N) is 1. The van der Waals surface area contributed by atoms with Crippen molar-refractivity contribution in [2.45, 2.75) is 38.9 Å². The Bertz CT molecular complexity index is 365. The van der Waals surface area contributed by atoms with E-state index in [1.807, 2.05) is 13.8 Å². The van der Waals surface area contributed by atoms with Crippen molar-refractivity contribution >= 4 is 17.7 Å². The molecule has 0 aromatic rings. The molecule has 0 aromatic carbocycles. The molecule has 1 saturated heterocycles. The van der Waals surface area contributed by atoms with Crippen LogP contribution in [0.5, 0.6) is 0 Å². The minimum Gasteiger partial charge on any atom is -0.481 e. The Morgan fingerprint density at radius 1 is 1.33 bits per heavy atom. The fourth-order valence-corrected chi connectivity index (χ4v) is 2.01. The fraction of sp³-hybridized carbons (Fsp3) is 0.727. The number of ether oxygens (including phenoxy) is 1. The topological polar surface area (TPSA) is 116 Å². The van der Waals surface area contributed by atoms with Crippen LogP contribution in [0.4, 0.5) is 0 Å². The molecule has 1 aliphatic heterocycles. The molecule has 1 aliphatic rings. The standard InChI is InChI=1S/C11H17NO6/c1-5(2)3-7(12-17)9-6(10(13)14)4-8(18-9)11(15)16/h5-6,8-9,17H,3-4H2,1-2H3,(H,13,14)(H,15,16)/b12-7-/t6-,8-,9-/m1/s1. The van der Waals surface area contributed by atoms with Crippen molar-refractivity contribution in [2.24, 2.45) is 17.0 Å². The van der Waals surface area contributed by atoms with Crippen LogP contribution in [0.2, 0.25) is 0 Å². The number of oxime groups is 1. The monoisotopic (exact) mass is 259 g/mol. The van der Waals surface area contributed by atoms with Gasteiger partial charge in [-0.05, 0) is 12.3 Å². The quantitative estimate of drug-likeness (QED) is 0.382. The Labute approximate surface area is 104 Å². The average Bonchev–Trinajstić information content (AvgIpc) is 2.70. The first kappa shape index (κ1) is 14.4. The maximum absolute atomic E-state index is 11.1. The average molecular weight is 259 g/mol. The van der Waals surface area contributed by atoms with E-state index in [-0.39, 0.29) is 18.1 Å². The van der Waals surface area contributed by atoms with E-state index in [1.54, 1.807) is 0 Å². The van der Waals surface area contributed by atoms with Crippen LogP contribution in [0.3, 0.4) is 0 Å². The van der Waals surface area contributed by atoms with E-state index in [0.29, 0.717) is 6.42 Å². The van der Waals surface area contributed by atoms with Gasteiger partial charge in [0.05, 0.1) is 11.6 Å². The lowest BCUT2D eigenvalue weighted by Gasteiger charge is -2.17.